The zero-order valence-corrected chi connectivity index (χ0v) is 16.9. The molecule has 5 heteroatoms. The standard InChI is InChI=1S/C23H31N3O2/c1-18-6-3-4-9-21(18)16-26-23(24-2)25-15-19-7-5-8-20(14-19)17-28-22-10-12-27-13-11-22/h3-9,14,22H,10-13,15-17H2,1-2H3,(H2,24,25,26). The Morgan fingerprint density at radius 1 is 1.04 bits per heavy atom. The molecule has 0 radical (unpaired) electrons. The number of hydrogen-bond donors (Lipinski definition) is 2. The van der Waals surface area contributed by atoms with Crippen LogP contribution in [0, 0.1) is 6.92 Å². The van der Waals surface area contributed by atoms with Crippen molar-refractivity contribution in [2.45, 2.75) is 45.6 Å². The zero-order chi connectivity index (χ0) is 19.6. The fourth-order valence-electron chi connectivity index (χ4n) is 3.28. The Labute approximate surface area is 168 Å². The van der Waals surface area contributed by atoms with Gasteiger partial charge in [-0.3, -0.25) is 4.99 Å². The first-order chi connectivity index (χ1) is 13.7. The van der Waals surface area contributed by atoms with E-state index in [0.29, 0.717) is 12.7 Å². The third-order valence-electron chi connectivity index (χ3n) is 5.04. The molecule has 0 aromatic heterocycles. The summed E-state index contributed by atoms with van der Waals surface area (Å²) in [5.74, 6) is 0.798. The van der Waals surface area contributed by atoms with E-state index in [1.807, 2.05) is 0 Å². The van der Waals surface area contributed by atoms with Gasteiger partial charge in [0.05, 0.1) is 12.7 Å². The number of nitrogens with zero attached hydrogens (tertiary/aromatic N) is 1. The smallest absolute Gasteiger partial charge is 0.191 e. The fraction of sp³-hybridized carbons (Fsp3) is 0.435. The van der Waals surface area contributed by atoms with Crippen LogP contribution in [0.4, 0.5) is 0 Å². The molecular formula is C23H31N3O2. The molecule has 1 aliphatic rings. The van der Waals surface area contributed by atoms with Crippen molar-refractivity contribution < 1.29 is 9.47 Å². The van der Waals surface area contributed by atoms with Gasteiger partial charge in [0, 0.05) is 33.4 Å². The maximum atomic E-state index is 6.03. The van der Waals surface area contributed by atoms with E-state index < -0.39 is 0 Å². The van der Waals surface area contributed by atoms with Crippen molar-refractivity contribution in [3.63, 3.8) is 0 Å². The Balaban J connectivity index is 1.46. The molecule has 150 valence electrons. The minimum absolute atomic E-state index is 0.319. The first kappa shape index (κ1) is 20.4. The van der Waals surface area contributed by atoms with E-state index in [1.165, 1.54) is 22.3 Å². The summed E-state index contributed by atoms with van der Waals surface area (Å²) in [5.41, 5.74) is 4.97. The first-order valence-electron chi connectivity index (χ1n) is 10.0. The summed E-state index contributed by atoms with van der Waals surface area (Å²) in [6.45, 7) is 5.87. The highest BCUT2D eigenvalue weighted by atomic mass is 16.5. The lowest BCUT2D eigenvalue weighted by molar-refractivity contribution is -0.0390. The van der Waals surface area contributed by atoms with Crippen LogP contribution in [0.1, 0.15) is 35.1 Å². The van der Waals surface area contributed by atoms with Crippen molar-refractivity contribution in [1.29, 1.82) is 0 Å². The Morgan fingerprint density at radius 3 is 2.57 bits per heavy atom. The van der Waals surface area contributed by atoms with Crippen LogP contribution in [-0.4, -0.2) is 32.3 Å². The molecule has 0 bridgehead atoms. The molecule has 3 rings (SSSR count). The minimum atomic E-state index is 0.319. The van der Waals surface area contributed by atoms with Crippen LogP contribution in [0.5, 0.6) is 0 Å². The summed E-state index contributed by atoms with van der Waals surface area (Å²) in [6, 6.07) is 16.9. The monoisotopic (exact) mass is 381 g/mol. The van der Waals surface area contributed by atoms with E-state index in [-0.39, 0.29) is 0 Å². The highest BCUT2D eigenvalue weighted by Crippen LogP contribution is 2.14. The van der Waals surface area contributed by atoms with Crippen molar-refractivity contribution >= 4 is 5.96 Å². The third kappa shape index (κ3) is 6.36. The lowest BCUT2D eigenvalue weighted by Gasteiger charge is -2.22. The van der Waals surface area contributed by atoms with Crippen LogP contribution >= 0.6 is 0 Å². The van der Waals surface area contributed by atoms with Gasteiger partial charge in [-0.05, 0) is 42.0 Å². The minimum Gasteiger partial charge on any atom is -0.381 e. The van der Waals surface area contributed by atoms with Crippen molar-refractivity contribution in [1.82, 2.24) is 10.6 Å². The van der Waals surface area contributed by atoms with Gasteiger partial charge in [-0.15, -0.1) is 0 Å². The molecule has 5 nitrogen and oxygen atoms in total. The highest BCUT2D eigenvalue weighted by Gasteiger charge is 2.14. The predicted octanol–water partition coefficient (Wildman–Crippen LogP) is 3.56. The van der Waals surface area contributed by atoms with Crippen molar-refractivity contribution in [3.8, 4) is 0 Å². The number of aliphatic imine (C=N–C) groups is 1. The SMILES string of the molecule is CN=C(NCc1cccc(COC2CCOCC2)c1)NCc1ccccc1C. The van der Waals surface area contributed by atoms with E-state index >= 15 is 0 Å². The van der Waals surface area contributed by atoms with Gasteiger partial charge >= 0.3 is 0 Å². The quantitative estimate of drug-likeness (QED) is 0.569. The average molecular weight is 382 g/mol. The molecule has 0 aliphatic carbocycles. The topological polar surface area (TPSA) is 54.9 Å². The van der Waals surface area contributed by atoms with Crippen LogP contribution in [0.3, 0.4) is 0 Å². The van der Waals surface area contributed by atoms with Crippen molar-refractivity contribution in [2.24, 2.45) is 4.99 Å². The van der Waals surface area contributed by atoms with Gasteiger partial charge in [0.2, 0.25) is 0 Å². The van der Waals surface area contributed by atoms with Crippen molar-refractivity contribution in [3.05, 3.63) is 70.8 Å². The van der Waals surface area contributed by atoms with Crippen LogP contribution in [0.2, 0.25) is 0 Å². The Kier molecular flexibility index (Phi) is 7.88. The van der Waals surface area contributed by atoms with Gasteiger partial charge < -0.3 is 20.1 Å². The Morgan fingerprint density at radius 2 is 1.79 bits per heavy atom. The summed E-state index contributed by atoms with van der Waals surface area (Å²) >= 11 is 0. The fourth-order valence-corrected chi connectivity index (χ4v) is 3.28. The molecule has 2 aromatic carbocycles. The second-order valence-electron chi connectivity index (χ2n) is 7.15. The number of nitrogens with one attached hydrogen (secondary N) is 2. The Bertz CT molecular complexity index is 770. The van der Waals surface area contributed by atoms with Gasteiger partial charge in [-0.2, -0.15) is 0 Å². The normalized spacial score (nSPS) is 15.4. The van der Waals surface area contributed by atoms with Crippen molar-refractivity contribution in [2.75, 3.05) is 20.3 Å². The summed E-state index contributed by atoms with van der Waals surface area (Å²) in [4.78, 5) is 4.33. The van der Waals surface area contributed by atoms with Gasteiger partial charge in [-0.1, -0.05) is 48.5 Å². The number of guanidine groups is 1. The number of hydrogen-bond acceptors (Lipinski definition) is 3. The van der Waals surface area contributed by atoms with Crippen LogP contribution in [0.15, 0.2) is 53.5 Å². The van der Waals surface area contributed by atoms with E-state index in [2.05, 4.69) is 71.1 Å². The lowest BCUT2D eigenvalue weighted by atomic mass is 10.1. The molecular weight excluding hydrogens is 350 g/mol. The highest BCUT2D eigenvalue weighted by molar-refractivity contribution is 5.79. The third-order valence-corrected chi connectivity index (χ3v) is 5.04. The van der Waals surface area contributed by atoms with Gasteiger partial charge in [-0.25, -0.2) is 0 Å². The maximum absolute atomic E-state index is 6.03. The summed E-state index contributed by atoms with van der Waals surface area (Å²) in [6.07, 6.45) is 2.30. The lowest BCUT2D eigenvalue weighted by Crippen LogP contribution is -2.36. The van der Waals surface area contributed by atoms with Crippen LogP contribution in [0.25, 0.3) is 0 Å². The molecule has 1 aliphatic heterocycles. The second kappa shape index (κ2) is 10.8. The number of benzene rings is 2. The number of ether oxygens (including phenoxy) is 2. The van der Waals surface area contributed by atoms with E-state index in [9.17, 15) is 0 Å². The first-order valence-corrected chi connectivity index (χ1v) is 10.0. The Hall–Kier alpha value is -2.37. The predicted molar refractivity (Wildman–Crippen MR) is 113 cm³/mol. The summed E-state index contributed by atoms with van der Waals surface area (Å²) in [7, 11) is 1.80. The molecule has 1 heterocycles. The molecule has 0 unspecified atom stereocenters. The van der Waals surface area contributed by atoms with Crippen LogP contribution in [-0.2, 0) is 29.2 Å². The molecule has 1 saturated heterocycles. The number of rotatable bonds is 7. The van der Waals surface area contributed by atoms with E-state index in [4.69, 9.17) is 9.47 Å². The summed E-state index contributed by atoms with van der Waals surface area (Å²) < 4.78 is 11.4. The molecule has 0 amide bonds. The molecule has 1 fully saturated rings. The van der Waals surface area contributed by atoms with Gasteiger partial charge in [0.1, 0.15) is 0 Å². The number of aryl methyl sites for hydroxylation is 1. The van der Waals surface area contributed by atoms with E-state index in [0.717, 1.165) is 45.1 Å². The molecule has 0 spiro atoms. The molecule has 0 atom stereocenters. The largest absolute Gasteiger partial charge is 0.381 e. The molecule has 2 N–H and O–H groups in total. The van der Waals surface area contributed by atoms with Gasteiger partial charge in [0.15, 0.2) is 5.96 Å². The van der Waals surface area contributed by atoms with E-state index in [1.54, 1.807) is 7.05 Å². The van der Waals surface area contributed by atoms with Gasteiger partial charge in [0.25, 0.3) is 0 Å². The average Bonchev–Trinajstić information content (AvgIpc) is 2.74. The zero-order valence-electron chi connectivity index (χ0n) is 16.9. The molecule has 2 aromatic rings. The maximum Gasteiger partial charge on any atom is 0.191 e. The molecule has 0 saturated carbocycles. The van der Waals surface area contributed by atoms with Crippen LogP contribution < -0.4 is 10.6 Å². The summed E-state index contributed by atoms with van der Waals surface area (Å²) in [5, 5.41) is 6.77. The molecule has 28 heavy (non-hydrogen) atoms. The second-order valence-corrected chi connectivity index (χ2v) is 7.15.